The number of aliphatic hydroxyl groups is 8. The summed E-state index contributed by atoms with van der Waals surface area (Å²) in [7, 11) is 0. The number of H-pyrrole nitrogens is 1. The number of fused-ring (bicyclic) bond motifs is 1. The normalized spacial score (nSPS) is 31.8. The molecule has 0 spiro atoms. The Bertz CT molecular complexity index is 2030. The molecule has 0 saturated carbocycles. The van der Waals surface area contributed by atoms with Crippen LogP contribution in [0, 0.1) is 0 Å². The molecule has 0 unspecified atom stereocenters. The molecular formula is C36H56N10O19. The number of aromatic amines is 1. The van der Waals surface area contributed by atoms with Gasteiger partial charge in [-0.25, -0.2) is 4.98 Å². The van der Waals surface area contributed by atoms with Gasteiger partial charge in [-0.1, -0.05) is 0 Å². The molecule has 0 aromatic carbocycles. The minimum atomic E-state index is -1.66. The number of nitrogens with two attached hydrogens (primary N) is 1. The van der Waals surface area contributed by atoms with E-state index in [9.17, 15) is 69.6 Å². The number of amides is 5. The van der Waals surface area contributed by atoms with Gasteiger partial charge in [0.25, 0.3) is 5.56 Å². The van der Waals surface area contributed by atoms with Gasteiger partial charge in [0, 0.05) is 20.0 Å². The largest absolute Gasteiger partial charge is 0.394 e. The lowest BCUT2D eigenvalue weighted by molar-refractivity contribution is -0.291. The molecule has 29 heteroatoms. The third kappa shape index (κ3) is 12.9. The maximum atomic E-state index is 13.4. The first-order chi connectivity index (χ1) is 30.8. The van der Waals surface area contributed by atoms with Crippen molar-refractivity contribution >= 4 is 46.6 Å². The Labute approximate surface area is 367 Å². The van der Waals surface area contributed by atoms with Gasteiger partial charge >= 0.3 is 0 Å². The molecule has 0 bridgehead atoms. The highest BCUT2D eigenvalue weighted by Crippen LogP contribution is 2.31. The maximum Gasteiger partial charge on any atom is 0.280 e. The number of aliphatic hydroxyl groups excluding tert-OH is 8. The third-order valence-electron chi connectivity index (χ3n) is 10.7. The highest BCUT2D eigenvalue weighted by Gasteiger charge is 2.47. The first-order valence-corrected chi connectivity index (χ1v) is 20.5. The Kier molecular flexibility index (Phi) is 18.0. The van der Waals surface area contributed by atoms with Crippen LogP contribution in [0.5, 0.6) is 0 Å². The van der Waals surface area contributed by atoms with Crippen molar-refractivity contribution in [3.8, 4) is 0 Å². The minimum absolute atomic E-state index is 0.0328. The molecule has 5 heterocycles. The second-order valence-electron chi connectivity index (χ2n) is 15.5. The molecule has 2 aromatic heterocycles. The molecule has 29 nitrogen and oxygen atoms in total. The first kappa shape index (κ1) is 51.0. The second kappa shape index (κ2) is 22.9. The predicted octanol–water partition coefficient (Wildman–Crippen LogP) is -8.87. The summed E-state index contributed by atoms with van der Waals surface area (Å²) in [6.45, 7) is -0.521. The lowest BCUT2D eigenvalue weighted by Gasteiger charge is -2.42. The lowest BCUT2D eigenvalue weighted by atomic mass is 9.97. The zero-order chi connectivity index (χ0) is 47.7. The maximum absolute atomic E-state index is 13.4. The number of nitrogen functional groups attached to an aromatic ring is 1. The van der Waals surface area contributed by atoms with Crippen molar-refractivity contribution in [1.82, 2.24) is 46.1 Å². The molecule has 5 amide bonds. The Morgan fingerprint density at radius 1 is 0.831 bits per heavy atom. The molecule has 0 aliphatic carbocycles. The quantitative estimate of drug-likeness (QED) is 0.0548. The van der Waals surface area contributed by atoms with Gasteiger partial charge in [-0.2, -0.15) is 4.98 Å². The zero-order valence-corrected chi connectivity index (χ0v) is 35.1. The van der Waals surface area contributed by atoms with E-state index in [0.717, 1.165) is 13.3 Å². The topological polar surface area (TPSA) is 443 Å². The molecule has 364 valence electrons. The predicted molar refractivity (Wildman–Crippen MR) is 213 cm³/mol. The van der Waals surface area contributed by atoms with Gasteiger partial charge in [0.15, 0.2) is 30.0 Å². The highest BCUT2D eigenvalue weighted by molar-refractivity contribution is 5.90. The number of carbonyl (C=O) groups excluding carboxylic acids is 5. The Hall–Kier alpha value is -5.02. The van der Waals surface area contributed by atoms with Crippen LogP contribution in [0.2, 0.25) is 0 Å². The molecule has 2 aromatic rings. The Balaban J connectivity index is 1.13. The molecular weight excluding hydrogens is 876 g/mol. The van der Waals surface area contributed by atoms with E-state index in [1.165, 1.54) is 11.5 Å². The van der Waals surface area contributed by atoms with Crippen molar-refractivity contribution < 1.29 is 88.5 Å². The van der Waals surface area contributed by atoms with Gasteiger partial charge in [-0.05, 0) is 26.2 Å². The molecule has 65 heavy (non-hydrogen) atoms. The zero-order valence-electron chi connectivity index (χ0n) is 35.1. The molecule has 15 atom stereocenters. The van der Waals surface area contributed by atoms with Gasteiger partial charge in [0.2, 0.25) is 35.5 Å². The van der Waals surface area contributed by atoms with E-state index < -0.39 is 153 Å². The number of nitrogens with zero attached hydrogens (tertiary/aromatic N) is 3. The SMILES string of the molecule is CC(=O)N[C@H]1[C@H](OCC(=O)N[C@@H](CCCCNC(=O)CO[C@H]2O[C@@H](C)[C@@H](O)[C@@H](O)[C@@H]2O)C(=O)NCC(=O)NC[C@H]2O[C@@H](n3cnc4c(=O)[nH]c(N)nc43)[C@H](O)[C@@H]2O)O[C@H](CO)[C@@H](O)[C@@H]1O. The summed E-state index contributed by atoms with van der Waals surface area (Å²) >= 11 is 0. The molecule has 3 saturated heterocycles. The summed E-state index contributed by atoms with van der Waals surface area (Å²) in [5.74, 6) is -4.02. The van der Waals surface area contributed by atoms with E-state index in [1.54, 1.807) is 0 Å². The summed E-state index contributed by atoms with van der Waals surface area (Å²) in [5, 5.41) is 93.9. The number of anilines is 1. The number of unbranched alkanes of at least 4 members (excludes halogenated alkanes) is 1. The van der Waals surface area contributed by atoms with Gasteiger partial charge in [0.05, 0.1) is 25.6 Å². The number of imidazole rings is 1. The fraction of sp³-hybridized carbons (Fsp3) is 0.722. The van der Waals surface area contributed by atoms with Crippen LogP contribution in [0.25, 0.3) is 11.2 Å². The number of rotatable bonds is 20. The highest BCUT2D eigenvalue weighted by atomic mass is 16.7. The van der Waals surface area contributed by atoms with Gasteiger partial charge in [-0.15, -0.1) is 0 Å². The average molecular weight is 933 g/mol. The monoisotopic (exact) mass is 932 g/mol. The summed E-state index contributed by atoms with van der Waals surface area (Å²) in [4.78, 5) is 86.0. The lowest BCUT2D eigenvalue weighted by Crippen LogP contribution is -2.64. The van der Waals surface area contributed by atoms with Gasteiger partial charge in [0.1, 0.15) is 80.2 Å². The molecule has 3 aliphatic rings. The van der Waals surface area contributed by atoms with Crippen molar-refractivity contribution in [3.63, 3.8) is 0 Å². The first-order valence-electron chi connectivity index (χ1n) is 20.5. The molecule has 0 radical (unpaired) electrons. The van der Waals surface area contributed by atoms with Crippen LogP contribution in [0.4, 0.5) is 5.95 Å². The molecule has 3 fully saturated rings. The number of ether oxygens (including phenoxy) is 5. The van der Waals surface area contributed by atoms with Crippen molar-refractivity contribution in [1.29, 1.82) is 0 Å². The smallest absolute Gasteiger partial charge is 0.280 e. The van der Waals surface area contributed by atoms with Crippen LogP contribution in [0.3, 0.4) is 0 Å². The van der Waals surface area contributed by atoms with E-state index in [1.807, 2.05) is 0 Å². The molecule has 16 N–H and O–H groups in total. The van der Waals surface area contributed by atoms with E-state index in [0.29, 0.717) is 0 Å². The third-order valence-corrected chi connectivity index (χ3v) is 10.7. The minimum Gasteiger partial charge on any atom is -0.394 e. The molecule has 5 rings (SSSR count). The van der Waals surface area contributed by atoms with Crippen LogP contribution in [-0.4, -0.2) is 215 Å². The van der Waals surface area contributed by atoms with E-state index >= 15 is 0 Å². The van der Waals surface area contributed by atoms with E-state index in [2.05, 4.69) is 41.5 Å². The fourth-order valence-electron chi connectivity index (χ4n) is 7.16. The average Bonchev–Trinajstić information content (AvgIpc) is 3.81. The van der Waals surface area contributed by atoms with Gasteiger partial charge < -0.3 is 96.9 Å². The number of hydrogen-bond donors (Lipinski definition) is 15. The van der Waals surface area contributed by atoms with Crippen molar-refractivity contribution in [3.05, 3.63) is 16.7 Å². The Morgan fingerprint density at radius 2 is 1.52 bits per heavy atom. The van der Waals surface area contributed by atoms with Crippen LogP contribution >= 0.6 is 0 Å². The molecule has 3 aliphatic heterocycles. The van der Waals surface area contributed by atoms with Crippen LogP contribution in [-0.2, 0) is 47.7 Å². The van der Waals surface area contributed by atoms with Crippen LogP contribution in [0.15, 0.2) is 11.1 Å². The summed E-state index contributed by atoms with van der Waals surface area (Å²) < 4.78 is 28.5. The van der Waals surface area contributed by atoms with Crippen molar-refractivity contribution in [2.75, 3.05) is 45.2 Å². The summed E-state index contributed by atoms with van der Waals surface area (Å²) in [6.07, 6.45) is -17.0. The standard InChI is InChI=1S/C36H56N10O19/c1-13-23(52)27(56)29(58)35(63-13)62-10-19(50)38-6-4-3-5-15(43-20(51)11-61-34-21(42-14(2)48)26(55)25(54)17(9-47)65-34)31(59)40-8-18(49)39-7-16-24(53)28(57)33(64-16)46-12-41-22-30(46)44-36(37)45-32(22)60/h12-13,15-17,21,23-29,33-35,47,52-58H,3-11H2,1-2H3,(H,38,50)(H,39,49)(H,40,59)(H,42,48)(H,43,51)(H3,37,44,45,60)/t13-,15-,16+,17+,21+,23+,24+,25+,26+,27+,28+,29-,33+,34+,35-/m0/s1. The van der Waals surface area contributed by atoms with Crippen molar-refractivity contribution in [2.24, 2.45) is 0 Å². The van der Waals surface area contributed by atoms with Gasteiger partial charge in [-0.3, -0.25) is 38.3 Å². The summed E-state index contributed by atoms with van der Waals surface area (Å²) in [5.41, 5.74) is 4.85. The Morgan fingerprint density at radius 3 is 2.23 bits per heavy atom. The van der Waals surface area contributed by atoms with Crippen LogP contribution < -0.4 is 37.9 Å². The van der Waals surface area contributed by atoms with E-state index in [4.69, 9.17) is 29.4 Å². The number of carbonyl (C=O) groups is 5. The van der Waals surface area contributed by atoms with Crippen molar-refractivity contribution in [2.45, 2.75) is 125 Å². The van der Waals surface area contributed by atoms with E-state index in [-0.39, 0.29) is 49.5 Å². The second-order valence-corrected chi connectivity index (χ2v) is 15.5. The fourth-order valence-corrected chi connectivity index (χ4v) is 7.16. The number of hydrogen-bond acceptors (Lipinski definition) is 22. The number of nitrogens with one attached hydrogen (secondary N) is 6. The summed E-state index contributed by atoms with van der Waals surface area (Å²) in [6, 6.07) is -2.68. The number of aromatic nitrogens is 4. The van der Waals surface area contributed by atoms with Crippen LogP contribution in [0.1, 0.15) is 39.3 Å².